The van der Waals surface area contributed by atoms with E-state index in [4.69, 9.17) is 14.4 Å². The van der Waals surface area contributed by atoms with Crippen molar-refractivity contribution in [3.8, 4) is 79.0 Å². The van der Waals surface area contributed by atoms with E-state index in [0.29, 0.717) is 22.8 Å². The first-order valence-corrected chi connectivity index (χ1v) is 21.4. The van der Waals surface area contributed by atoms with Crippen molar-refractivity contribution in [1.82, 2.24) is 14.5 Å². The Kier molecular flexibility index (Phi) is 8.81. The molecule has 298 valence electrons. The molecule has 0 amide bonds. The quantitative estimate of drug-likeness (QED) is 0.161. The molecule has 0 radical (unpaired) electrons. The largest absolute Gasteiger partial charge is 0.453 e. The van der Waals surface area contributed by atoms with Gasteiger partial charge in [-0.05, 0) is 34.9 Å². The molecular weight excluding hydrogens is 781 g/mol. The molecular formula is C59H36N4O. The monoisotopic (exact) mass is 816 g/mol. The highest BCUT2D eigenvalue weighted by Crippen LogP contribution is 2.48. The van der Waals surface area contributed by atoms with Crippen molar-refractivity contribution >= 4 is 43.7 Å². The third-order valence-electron chi connectivity index (χ3n) is 12.3. The van der Waals surface area contributed by atoms with Gasteiger partial charge in [0.2, 0.25) is 0 Å². The van der Waals surface area contributed by atoms with Crippen LogP contribution in [0.2, 0.25) is 0 Å². The summed E-state index contributed by atoms with van der Waals surface area (Å²) in [6.45, 7) is 0. The molecule has 64 heavy (non-hydrogen) atoms. The molecule has 0 fully saturated rings. The minimum Gasteiger partial charge on any atom is -0.453 e. The Balaban J connectivity index is 1.26. The molecule has 0 N–H and O–H groups in total. The third kappa shape index (κ3) is 5.93. The average Bonchev–Trinajstić information content (AvgIpc) is 3.93. The van der Waals surface area contributed by atoms with Crippen LogP contribution in [-0.2, 0) is 0 Å². The summed E-state index contributed by atoms with van der Waals surface area (Å²) in [5, 5.41) is 15.1. The van der Waals surface area contributed by atoms with Gasteiger partial charge in [-0.25, -0.2) is 9.97 Å². The predicted octanol–water partition coefficient (Wildman–Crippen LogP) is 15.3. The number of hydrogen-bond donors (Lipinski definition) is 0. The van der Waals surface area contributed by atoms with Gasteiger partial charge in [-0.3, -0.25) is 0 Å². The van der Waals surface area contributed by atoms with Gasteiger partial charge in [0.1, 0.15) is 17.2 Å². The second-order valence-electron chi connectivity index (χ2n) is 15.9. The number of para-hydroxylation sites is 2. The number of furan rings is 1. The summed E-state index contributed by atoms with van der Waals surface area (Å²) in [6.07, 6.45) is 0. The van der Waals surface area contributed by atoms with Crippen LogP contribution in [0.3, 0.4) is 0 Å². The van der Waals surface area contributed by atoms with E-state index in [1.807, 2.05) is 72.8 Å². The van der Waals surface area contributed by atoms with Gasteiger partial charge in [0.05, 0.1) is 28.1 Å². The molecule has 0 spiro atoms. The van der Waals surface area contributed by atoms with Crippen LogP contribution in [0.4, 0.5) is 0 Å². The van der Waals surface area contributed by atoms with Crippen LogP contribution >= 0.6 is 0 Å². The molecule has 0 aliphatic rings. The Bertz CT molecular complexity index is 3700. The van der Waals surface area contributed by atoms with Crippen molar-refractivity contribution in [1.29, 1.82) is 5.26 Å². The van der Waals surface area contributed by atoms with Crippen LogP contribution in [-0.4, -0.2) is 14.5 Å². The Hall–Kier alpha value is -8.85. The lowest BCUT2D eigenvalue weighted by molar-refractivity contribution is 0.672. The van der Waals surface area contributed by atoms with Crippen molar-refractivity contribution in [3.05, 3.63) is 224 Å². The van der Waals surface area contributed by atoms with Gasteiger partial charge in [-0.15, -0.1) is 0 Å². The molecule has 5 heteroatoms. The summed E-state index contributed by atoms with van der Waals surface area (Å²) in [6, 6.07) is 77.8. The zero-order chi connectivity index (χ0) is 42.6. The fourth-order valence-electron chi connectivity index (χ4n) is 9.44. The number of nitriles is 1. The van der Waals surface area contributed by atoms with Crippen LogP contribution in [0.25, 0.3) is 117 Å². The molecule has 0 aliphatic heterocycles. The molecule has 0 aliphatic carbocycles. The van der Waals surface area contributed by atoms with Gasteiger partial charge in [0.25, 0.3) is 0 Å². The molecule has 0 saturated heterocycles. The maximum absolute atomic E-state index is 10.8. The van der Waals surface area contributed by atoms with E-state index < -0.39 is 0 Å². The molecule has 12 aromatic rings. The summed E-state index contributed by atoms with van der Waals surface area (Å²) < 4.78 is 9.64. The second-order valence-corrected chi connectivity index (χ2v) is 15.9. The van der Waals surface area contributed by atoms with Gasteiger partial charge in [0, 0.05) is 54.9 Å². The average molecular weight is 817 g/mol. The normalized spacial score (nSPS) is 11.4. The summed E-state index contributed by atoms with van der Waals surface area (Å²) >= 11 is 0. The number of hydrogen-bond acceptors (Lipinski definition) is 4. The van der Waals surface area contributed by atoms with Crippen molar-refractivity contribution in [2.24, 2.45) is 0 Å². The molecule has 0 saturated carbocycles. The lowest BCUT2D eigenvalue weighted by atomic mass is 9.90. The number of benzene rings is 9. The van der Waals surface area contributed by atoms with Crippen LogP contribution in [0.15, 0.2) is 223 Å². The van der Waals surface area contributed by atoms with Crippen LogP contribution in [0.1, 0.15) is 5.56 Å². The van der Waals surface area contributed by atoms with Gasteiger partial charge >= 0.3 is 0 Å². The molecule has 0 unspecified atom stereocenters. The SMILES string of the molecule is N#Cc1c(-c2ccccc2)nc(-c2ccc(-c3ccccc3)c(-n3c4ccccc4c4ccc5c6cccc(-c7ccccc7)c6oc5c43)c2-c2ccccc2)nc1-c1ccccc1. The fourth-order valence-corrected chi connectivity index (χ4v) is 9.44. The Labute approximate surface area is 369 Å². The maximum atomic E-state index is 10.8. The summed E-state index contributed by atoms with van der Waals surface area (Å²) in [5.41, 5.74) is 14.9. The van der Waals surface area contributed by atoms with Gasteiger partial charge in [-0.2, -0.15) is 5.26 Å². The number of nitrogens with zero attached hydrogens (tertiary/aromatic N) is 4. The van der Waals surface area contributed by atoms with Gasteiger partial charge < -0.3 is 8.98 Å². The standard InChI is InChI=1S/C59H36N4O/c60-37-50-53(41-25-12-4-13-26-41)61-59(62-54(50)42-27-14-5-15-28-42)49-36-33-43(38-19-6-1-7-20-38)55(52(49)40-23-10-3-11-24-40)63-51-32-17-16-29-45(51)46-34-35-48-47-31-18-30-44(39-21-8-2-9-22-39)57(47)64-58(48)56(46)63/h1-36H. The lowest BCUT2D eigenvalue weighted by Crippen LogP contribution is -2.06. The first kappa shape index (κ1) is 37.0. The highest BCUT2D eigenvalue weighted by Gasteiger charge is 2.28. The molecule has 9 aromatic carbocycles. The van der Waals surface area contributed by atoms with E-state index in [1.54, 1.807) is 0 Å². The zero-order valence-corrected chi connectivity index (χ0v) is 34.5. The summed E-state index contributed by atoms with van der Waals surface area (Å²) in [5.74, 6) is 0.513. The van der Waals surface area contributed by atoms with E-state index in [-0.39, 0.29) is 0 Å². The molecule has 12 rings (SSSR count). The molecule has 5 nitrogen and oxygen atoms in total. The topological polar surface area (TPSA) is 67.6 Å². The highest BCUT2D eigenvalue weighted by molar-refractivity contribution is 6.23. The van der Waals surface area contributed by atoms with Crippen LogP contribution < -0.4 is 0 Å². The van der Waals surface area contributed by atoms with Crippen molar-refractivity contribution in [2.75, 3.05) is 0 Å². The minimum atomic E-state index is 0.424. The van der Waals surface area contributed by atoms with E-state index in [0.717, 1.165) is 99.5 Å². The van der Waals surface area contributed by atoms with E-state index in [1.165, 1.54) is 0 Å². The van der Waals surface area contributed by atoms with Crippen LogP contribution in [0.5, 0.6) is 0 Å². The Morgan fingerprint density at radius 2 is 0.875 bits per heavy atom. The van der Waals surface area contributed by atoms with E-state index >= 15 is 0 Å². The molecule has 0 atom stereocenters. The highest BCUT2D eigenvalue weighted by atomic mass is 16.3. The second kappa shape index (κ2) is 15.3. The first-order chi connectivity index (χ1) is 31.7. The number of aromatic nitrogens is 3. The number of fused-ring (bicyclic) bond motifs is 7. The third-order valence-corrected chi connectivity index (χ3v) is 12.3. The van der Waals surface area contributed by atoms with Crippen molar-refractivity contribution in [3.63, 3.8) is 0 Å². The fraction of sp³-hybridized carbons (Fsp3) is 0. The molecule has 0 bridgehead atoms. The van der Waals surface area contributed by atoms with Gasteiger partial charge in [0.15, 0.2) is 11.4 Å². The predicted molar refractivity (Wildman–Crippen MR) is 261 cm³/mol. The van der Waals surface area contributed by atoms with E-state index in [2.05, 4.69) is 156 Å². The van der Waals surface area contributed by atoms with Crippen molar-refractivity contribution < 1.29 is 4.42 Å². The zero-order valence-electron chi connectivity index (χ0n) is 34.5. The first-order valence-electron chi connectivity index (χ1n) is 21.4. The van der Waals surface area contributed by atoms with Crippen LogP contribution in [0, 0.1) is 11.3 Å². The maximum Gasteiger partial charge on any atom is 0.161 e. The van der Waals surface area contributed by atoms with E-state index in [9.17, 15) is 5.26 Å². The number of rotatable bonds is 7. The van der Waals surface area contributed by atoms with Crippen molar-refractivity contribution in [2.45, 2.75) is 0 Å². The minimum absolute atomic E-state index is 0.424. The Morgan fingerprint density at radius 1 is 0.391 bits per heavy atom. The van der Waals surface area contributed by atoms with Gasteiger partial charge in [-0.1, -0.05) is 200 Å². The summed E-state index contributed by atoms with van der Waals surface area (Å²) in [4.78, 5) is 10.7. The molecule has 3 heterocycles. The lowest BCUT2D eigenvalue weighted by Gasteiger charge is -2.22. The smallest absolute Gasteiger partial charge is 0.161 e. The summed E-state index contributed by atoms with van der Waals surface area (Å²) in [7, 11) is 0. The Morgan fingerprint density at radius 3 is 1.48 bits per heavy atom. The molecule has 3 aromatic heterocycles.